The summed E-state index contributed by atoms with van der Waals surface area (Å²) in [5.41, 5.74) is 6.90. The van der Waals surface area contributed by atoms with Gasteiger partial charge in [-0.3, -0.25) is 4.99 Å². The number of nitrogens with two attached hydrogens (primary N) is 1. The van der Waals surface area contributed by atoms with E-state index in [4.69, 9.17) is 10.5 Å². The lowest BCUT2D eigenvalue weighted by molar-refractivity contribution is 0.412. The van der Waals surface area contributed by atoms with E-state index in [-0.39, 0.29) is 5.54 Å². The first-order valence-electron chi connectivity index (χ1n) is 5.77. The molecule has 0 radical (unpaired) electrons. The number of ether oxygens (including phenoxy) is 1. The predicted octanol–water partition coefficient (Wildman–Crippen LogP) is 2.75. The molecule has 1 heterocycles. The van der Waals surface area contributed by atoms with Crippen LogP contribution in [-0.2, 0) is 5.54 Å². The van der Waals surface area contributed by atoms with Crippen molar-refractivity contribution in [3.8, 4) is 5.75 Å². The van der Waals surface area contributed by atoms with Crippen LogP contribution in [0, 0.1) is 0 Å². The molecule has 0 fully saturated rings. The van der Waals surface area contributed by atoms with Gasteiger partial charge in [0.05, 0.1) is 12.6 Å². The van der Waals surface area contributed by atoms with Crippen LogP contribution in [0.25, 0.3) is 0 Å². The summed E-state index contributed by atoms with van der Waals surface area (Å²) in [5, 5.41) is 0.695. The van der Waals surface area contributed by atoms with Crippen molar-refractivity contribution >= 4 is 16.9 Å². The summed E-state index contributed by atoms with van der Waals surface area (Å²) < 4.78 is 5.17. The highest BCUT2D eigenvalue weighted by atomic mass is 32.2. The summed E-state index contributed by atoms with van der Waals surface area (Å²) in [5.74, 6) is 1.93. The van der Waals surface area contributed by atoms with Gasteiger partial charge < -0.3 is 10.5 Å². The second kappa shape index (κ2) is 5.00. The van der Waals surface area contributed by atoms with Gasteiger partial charge in [0, 0.05) is 5.75 Å². The quantitative estimate of drug-likeness (QED) is 0.878. The molecule has 0 saturated heterocycles. The summed E-state index contributed by atoms with van der Waals surface area (Å²) in [6, 6.07) is 8.10. The van der Waals surface area contributed by atoms with Gasteiger partial charge in [-0.2, -0.15) is 0 Å². The molecule has 1 unspecified atom stereocenters. The molecule has 0 bridgehead atoms. The van der Waals surface area contributed by atoms with E-state index < -0.39 is 0 Å². The second-order valence-electron chi connectivity index (χ2n) is 4.40. The number of methoxy groups -OCH3 is 1. The van der Waals surface area contributed by atoms with Crippen molar-refractivity contribution in [2.24, 2.45) is 10.7 Å². The number of rotatable bonds is 2. The minimum Gasteiger partial charge on any atom is -0.497 e. The first kappa shape index (κ1) is 12.3. The molecule has 4 heteroatoms. The van der Waals surface area contributed by atoms with Crippen molar-refractivity contribution in [1.29, 1.82) is 0 Å². The van der Waals surface area contributed by atoms with Crippen LogP contribution in [0.1, 0.15) is 25.3 Å². The summed E-state index contributed by atoms with van der Waals surface area (Å²) >= 11 is 1.65. The molecule has 1 aliphatic rings. The molecule has 0 spiro atoms. The third-order valence-electron chi connectivity index (χ3n) is 3.13. The Morgan fingerprint density at radius 3 is 2.71 bits per heavy atom. The summed E-state index contributed by atoms with van der Waals surface area (Å²) in [4.78, 5) is 4.65. The van der Waals surface area contributed by atoms with E-state index in [1.165, 1.54) is 5.56 Å². The Balaban J connectivity index is 2.31. The average Bonchev–Trinajstić information content (AvgIpc) is 2.51. The molecule has 2 N–H and O–H groups in total. The van der Waals surface area contributed by atoms with Gasteiger partial charge in [-0.1, -0.05) is 23.9 Å². The van der Waals surface area contributed by atoms with Crippen LogP contribution < -0.4 is 10.5 Å². The Labute approximate surface area is 106 Å². The van der Waals surface area contributed by atoms with Crippen LogP contribution in [0.15, 0.2) is 29.3 Å². The zero-order chi connectivity index (χ0) is 12.3. The molecule has 0 saturated carbocycles. The fourth-order valence-corrected chi connectivity index (χ4v) is 2.85. The number of benzene rings is 1. The van der Waals surface area contributed by atoms with E-state index in [1.54, 1.807) is 18.9 Å². The number of thioether (sulfide) groups is 1. The lowest BCUT2D eigenvalue weighted by atomic mass is 9.88. The Morgan fingerprint density at radius 2 is 2.06 bits per heavy atom. The van der Waals surface area contributed by atoms with Crippen molar-refractivity contribution in [2.45, 2.75) is 25.3 Å². The molecule has 2 rings (SSSR count). The predicted molar refractivity (Wildman–Crippen MR) is 73.7 cm³/mol. The van der Waals surface area contributed by atoms with Crippen LogP contribution in [0.4, 0.5) is 0 Å². The van der Waals surface area contributed by atoms with Crippen LogP contribution >= 0.6 is 11.8 Å². The fourth-order valence-electron chi connectivity index (χ4n) is 2.08. The smallest absolute Gasteiger partial charge is 0.154 e. The molecule has 92 valence electrons. The van der Waals surface area contributed by atoms with Crippen molar-refractivity contribution in [2.75, 3.05) is 12.9 Å². The molecule has 0 amide bonds. The maximum absolute atomic E-state index is 5.89. The number of nitrogens with zero attached hydrogens (tertiary/aromatic N) is 1. The largest absolute Gasteiger partial charge is 0.497 e. The standard InChI is InChI=1S/C13H18N2OS/c1-13(8-3-9-17-12(14)15-13)10-4-6-11(16-2)7-5-10/h4-7H,3,8-9H2,1-2H3,(H2,14,15). The molecular formula is C13H18N2OS. The van der Waals surface area contributed by atoms with Crippen LogP contribution in [0.5, 0.6) is 5.75 Å². The Morgan fingerprint density at radius 1 is 1.35 bits per heavy atom. The maximum Gasteiger partial charge on any atom is 0.154 e. The zero-order valence-corrected chi connectivity index (χ0v) is 11.1. The molecule has 0 aliphatic carbocycles. The van der Waals surface area contributed by atoms with Gasteiger partial charge in [0.2, 0.25) is 0 Å². The van der Waals surface area contributed by atoms with Crippen molar-refractivity contribution < 1.29 is 4.74 Å². The molecule has 17 heavy (non-hydrogen) atoms. The van der Waals surface area contributed by atoms with Gasteiger partial charge in [0.25, 0.3) is 0 Å². The van der Waals surface area contributed by atoms with Gasteiger partial charge in [-0.25, -0.2) is 0 Å². The number of aliphatic imine (C=N–C) groups is 1. The van der Waals surface area contributed by atoms with Crippen molar-refractivity contribution in [1.82, 2.24) is 0 Å². The second-order valence-corrected chi connectivity index (χ2v) is 5.52. The van der Waals surface area contributed by atoms with Crippen LogP contribution in [0.3, 0.4) is 0 Å². The Hall–Kier alpha value is -1.16. The highest BCUT2D eigenvalue weighted by Crippen LogP contribution is 2.34. The third-order valence-corrected chi connectivity index (χ3v) is 4.01. The summed E-state index contributed by atoms with van der Waals surface area (Å²) in [7, 11) is 1.68. The monoisotopic (exact) mass is 250 g/mol. The van der Waals surface area contributed by atoms with Gasteiger partial charge in [-0.15, -0.1) is 0 Å². The summed E-state index contributed by atoms with van der Waals surface area (Å²) in [6.07, 6.45) is 2.17. The lowest BCUT2D eigenvalue weighted by Gasteiger charge is -2.24. The normalized spacial score (nSPS) is 24.9. The van der Waals surface area contributed by atoms with E-state index in [2.05, 4.69) is 24.0 Å². The van der Waals surface area contributed by atoms with E-state index in [0.717, 1.165) is 24.3 Å². The first-order chi connectivity index (χ1) is 8.14. The third kappa shape index (κ3) is 2.75. The molecular weight excluding hydrogens is 232 g/mol. The zero-order valence-electron chi connectivity index (χ0n) is 10.3. The lowest BCUT2D eigenvalue weighted by Crippen LogP contribution is -2.21. The molecule has 1 atom stereocenters. The van der Waals surface area contributed by atoms with E-state index in [9.17, 15) is 0 Å². The number of amidine groups is 1. The molecule has 3 nitrogen and oxygen atoms in total. The molecule has 1 aromatic rings. The molecule has 0 aromatic heterocycles. The van der Waals surface area contributed by atoms with Crippen LogP contribution in [-0.4, -0.2) is 18.0 Å². The molecule has 1 aliphatic heterocycles. The maximum atomic E-state index is 5.89. The molecule has 1 aromatic carbocycles. The highest BCUT2D eigenvalue weighted by molar-refractivity contribution is 8.13. The minimum atomic E-state index is -0.195. The summed E-state index contributed by atoms with van der Waals surface area (Å²) in [6.45, 7) is 2.15. The number of hydrogen-bond donors (Lipinski definition) is 1. The van der Waals surface area contributed by atoms with Crippen molar-refractivity contribution in [3.05, 3.63) is 29.8 Å². The van der Waals surface area contributed by atoms with Gasteiger partial charge in [-0.05, 0) is 37.5 Å². The SMILES string of the molecule is COc1ccc(C2(C)CCCSC(N)=N2)cc1. The van der Waals surface area contributed by atoms with E-state index in [1.807, 2.05) is 12.1 Å². The first-order valence-corrected chi connectivity index (χ1v) is 6.75. The van der Waals surface area contributed by atoms with Crippen molar-refractivity contribution in [3.63, 3.8) is 0 Å². The highest BCUT2D eigenvalue weighted by Gasteiger charge is 2.27. The van der Waals surface area contributed by atoms with E-state index >= 15 is 0 Å². The fraction of sp³-hybridized carbons (Fsp3) is 0.462. The number of hydrogen-bond acceptors (Lipinski definition) is 4. The Kier molecular flexibility index (Phi) is 3.62. The Bertz CT molecular complexity index is 416. The van der Waals surface area contributed by atoms with Gasteiger partial charge in [0.1, 0.15) is 5.75 Å². The topological polar surface area (TPSA) is 47.6 Å². The van der Waals surface area contributed by atoms with Crippen LogP contribution in [0.2, 0.25) is 0 Å². The average molecular weight is 250 g/mol. The minimum absolute atomic E-state index is 0.195. The van der Waals surface area contributed by atoms with E-state index in [0.29, 0.717) is 5.17 Å². The van der Waals surface area contributed by atoms with Gasteiger partial charge >= 0.3 is 0 Å². The van der Waals surface area contributed by atoms with Gasteiger partial charge in [0.15, 0.2) is 5.17 Å².